The van der Waals surface area contributed by atoms with Crippen molar-refractivity contribution in [3.8, 4) is 5.75 Å². The van der Waals surface area contributed by atoms with E-state index in [4.69, 9.17) is 21.3 Å². The Balaban J connectivity index is 2.75. The van der Waals surface area contributed by atoms with Crippen LogP contribution in [0.5, 0.6) is 5.75 Å². The van der Waals surface area contributed by atoms with Crippen LogP contribution < -0.4 is 15.8 Å². The smallest absolute Gasteiger partial charge is 0.410 e. The van der Waals surface area contributed by atoms with Gasteiger partial charge in [0.25, 0.3) is 0 Å². The van der Waals surface area contributed by atoms with Gasteiger partial charge in [-0.2, -0.15) is 0 Å². The highest BCUT2D eigenvalue weighted by molar-refractivity contribution is 5.94. The third-order valence-corrected chi connectivity index (χ3v) is 2.92. The first kappa shape index (κ1) is 19.3. The first-order valence-electron chi connectivity index (χ1n) is 7.46. The van der Waals surface area contributed by atoms with Crippen molar-refractivity contribution in [1.82, 2.24) is 15.1 Å². The Morgan fingerprint density at radius 1 is 1.21 bits per heavy atom. The van der Waals surface area contributed by atoms with E-state index in [1.165, 1.54) is 4.90 Å². The number of rotatable bonds is 3. The maximum absolute atomic E-state index is 11.7. The molecule has 132 valence electrons. The number of nitrogens with zero attached hydrogens (tertiary/aromatic N) is 2. The fourth-order valence-electron chi connectivity index (χ4n) is 1.80. The zero-order chi connectivity index (χ0) is 18.5. The van der Waals surface area contributed by atoms with Crippen LogP contribution in [-0.2, 0) is 6.54 Å². The number of benzene rings is 1. The van der Waals surface area contributed by atoms with Crippen molar-refractivity contribution < 1.29 is 9.53 Å². The Morgan fingerprint density at radius 2 is 1.75 bits per heavy atom. The summed E-state index contributed by atoms with van der Waals surface area (Å²) in [4.78, 5) is 14.7. The molecule has 1 rings (SSSR count). The minimum absolute atomic E-state index is 0.118. The van der Waals surface area contributed by atoms with E-state index in [-0.39, 0.29) is 24.0 Å². The van der Waals surface area contributed by atoms with Crippen LogP contribution in [-0.4, -0.2) is 47.4 Å². The maximum atomic E-state index is 11.7. The largest absolute Gasteiger partial charge is 0.413 e. The molecule has 0 bridgehead atoms. The molecule has 0 fully saturated rings. The Kier molecular flexibility index (Phi) is 6.16. The van der Waals surface area contributed by atoms with Crippen molar-refractivity contribution in [1.29, 1.82) is 10.8 Å². The molecule has 0 aromatic heterocycles. The zero-order valence-corrected chi connectivity index (χ0v) is 14.8. The number of carbonyl (C=O) groups excluding carboxylic acids is 1. The molecule has 8 heteroatoms. The summed E-state index contributed by atoms with van der Waals surface area (Å²) in [6.07, 6.45) is -0.519. The normalized spacial score (nSPS) is 10.7. The average molecular weight is 334 g/mol. The number of hydrogen-bond donors (Lipinski definition) is 4. The monoisotopic (exact) mass is 334 g/mol. The molecule has 0 aliphatic rings. The second kappa shape index (κ2) is 7.67. The number of nitrogens with one attached hydrogen (secondary N) is 3. The van der Waals surface area contributed by atoms with Crippen LogP contribution in [0.1, 0.15) is 26.3 Å². The summed E-state index contributed by atoms with van der Waals surface area (Å²) in [6.45, 7) is 5.88. The van der Waals surface area contributed by atoms with Gasteiger partial charge in [0.15, 0.2) is 11.9 Å². The number of guanidine groups is 2. The highest BCUT2D eigenvalue weighted by atomic mass is 16.6. The van der Waals surface area contributed by atoms with E-state index >= 15 is 0 Å². The molecule has 1 aromatic rings. The van der Waals surface area contributed by atoms with Gasteiger partial charge in [0.2, 0.25) is 0 Å². The van der Waals surface area contributed by atoms with Gasteiger partial charge in [0, 0.05) is 19.6 Å². The highest BCUT2D eigenvalue weighted by Gasteiger charge is 2.17. The fraction of sp³-hybridized carbons (Fsp3) is 0.438. The summed E-state index contributed by atoms with van der Waals surface area (Å²) in [5.41, 5.74) is 6.01. The molecular formula is C16H26N6O2. The molecule has 24 heavy (non-hydrogen) atoms. The van der Waals surface area contributed by atoms with Gasteiger partial charge in [-0.3, -0.25) is 15.7 Å². The molecular weight excluding hydrogens is 308 g/mol. The third kappa shape index (κ3) is 6.15. The number of ether oxygens (including phenoxy) is 1. The van der Waals surface area contributed by atoms with Gasteiger partial charge in [-0.25, -0.2) is 4.79 Å². The van der Waals surface area contributed by atoms with Crippen LogP contribution in [0.25, 0.3) is 0 Å². The van der Waals surface area contributed by atoms with Crippen molar-refractivity contribution >= 4 is 18.0 Å². The molecule has 0 heterocycles. The van der Waals surface area contributed by atoms with E-state index in [9.17, 15) is 4.79 Å². The molecule has 0 radical (unpaired) electrons. The minimum Gasteiger partial charge on any atom is -0.410 e. The molecule has 0 aliphatic heterocycles. The van der Waals surface area contributed by atoms with E-state index in [1.807, 2.05) is 20.8 Å². The van der Waals surface area contributed by atoms with E-state index in [0.29, 0.717) is 5.75 Å². The molecule has 0 aliphatic carbocycles. The van der Waals surface area contributed by atoms with E-state index in [0.717, 1.165) is 5.56 Å². The van der Waals surface area contributed by atoms with Crippen LogP contribution in [0, 0.1) is 10.8 Å². The predicted molar refractivity (Wildman–Crippen MR) is 94.2 cm³/mol. The second-order valence-electron chi connectivity index (χ2n) is 6.60. The first-order valence-corrected chi connectivity index (χ1v) is 7.46. The molecule has 1 amide bonds. The summed E-state index contributed by atoms with van der Waals surface area (Å²) >= 11 is 0. The van der Waals surface area contributed by atoms with E-state index in [2.05, 4.69) is 5.32 Å². The zero-order valence-electron chi connectivity index (χ0n) is 14.8. The molecule has 0 atom stereocenters. The Labute approximate surface area is 142 Å². The van der Waals surface area contributed by atoms with E-state index in [1.54, 1.807) is 43.3 Å². The summed E-state index contributed by atoms with van der Waals surface area (Å²) in [7, 11) is 3.42. The SMILES string of the molecule is CN(C)C(=N)N(Cc1ccc(OC(=O)NC(C)(C)C)cc1)C(=N)N. The van der Waals surface area contributed by atoms with Gasteiger partial charge in [0.05, 0.1) is 6.54 Å². The summed E-state index contributed by atoms with van der Waals surface area (Å²) < 4.78 is 5.20. The number of carbonyl (C=O) groups is 1. The standard InChI is InChI=1S/C16H26N6O2/c1-16(2,3)20-15(23)24-12-8-6-11(7-9-12)10-22(13(17)18)14(19)21(4)5/h6-9,19H,10H2,1-5H3,(H3,17,18)(H,20,23). The van der Waals surface area contributed by atoms with Gasteiger partial charge >= 0.3 is 6.09 Å². The molecule has 0 saturated heterocycles. The second-order valence-corrected chi connectivity index (χ2v) is 6.60. The van der Waals surface area contributed by atoms with Crippen molar-refractivity contribution in [2.24, 2.45) is 5.73 Å². The molecule has 1 aromatic carbocycles. The molecule has 0 unspecified atom stereocenters. The molecule has 0 saturated carbocycles. The minimum atomic E-state index is -0.519. The van der Waals surface area contributed by atoms with Crippen molar-refractivity contribution in [3.63, 3.8) is 0 Å². The highest BCUT2D eigenvalue weighted by Crippen LogP contribution is 2.15. The molecule has 8 nitrogen and oxygen atoms in total. The van der Waals surface area contributed by atoms with Crippen LogP contribution in [0.3, 0.4) is 0 Å². The average Bonchev–Trinajstić information content (AvgIpc) is 2.43. The maximum Gasteiger partial charge on any atom is 0.413 e. The summed E-state index contributed by atoms with van der Waals surface area (Å²) in [5, 5.41) is 18.3. The van der Waals surface area contributed by atoms with Crippen LogP contribution in [0.4, 0.5) is 4.79 Å². The lowest BCUT2D eigenvalue weighted by Crippen LogP contribution is -2.46. The fourth-order valence-corrected chi connectivity index (χ4v) is 1.80. The van der Waals surface area contributed by atoms with Gasteiger partial charge in [-0.1, -0.05) is 12.1 Å². The van der Waals surface area contributed by atoms with Gasteiger partial charge in [0.1, 0.15) is 5.75 Å². The van der Waals surface area contributed by atoms with Gasteiger partial charge in [-0.15, -0.1) is 0 Å². The number of nitrogens with two attached hydrogens (primary N) is 1. The number of hydrogen-bond acceptors (Lipinski definition) is 4. The van der Waals surface area contributed by atoms with Crippen LogP contribution in [0.15, 0.2) is 24.3 Å². The quantitative estimate of drug-likeness (QED) is 0.496. The summed E-state index contributed by atoms with van der Waals surface area (Å²) in [5.74, 6) is 0.323. The lowest BCUT2D eigenvalue weighted by molar-refractivity contribution is 0.190. The summed E-state index contributed by atoms with van der Waals surface area (Å²) in [6, 6.07) is 6.85. The van der Waals surface area contributed by atoms with E-state index < -0.39 is 6.09 Å². The Morgan fingerprint density at radius 3 is 2.17 bits per heavy atom. The molecule has 5 N–H and O–H groups in total. The Hall–Kier alpha value is -2.77. The van der Waals surface area contributed by atoms with Crippen molar-refractivity contribution in [2.75, 3.05) is 14.1 Å². The number of amides is 1. The van der Waals surface area contributed by atoms with Crippen molar-refractivity contribution in [3.05, 3.63) is 29.8 Å². The molecule has 0 spiro atoms. The van der Waals surface area contributed by atoms with Gasteiger partial charge < -0.3 is 20.7 Å². The Bertz CT molecular complexity index is 604. The van der Waals surface area contributed by atoms with Gasteiger partial charge in [-0.05, 0) is 38.5 Å². The lowest BCUT2D eigenvalue weighted by atomic mass is 10.1. The van der Waals surface area contributed by atoms with Crippen LogP contribution >= 0.6 is 0 Å². The first-order chi connectivity index (χ1) is 11.0. The van der Waals surface area contributed by atoms with Crippen LogP contribution in [0.2, 0.25) is 0 Å². The van der Waals surface area contributed by atoms with Crippen molar-refractivity contribution in [2.45, 2.75) is 32.9 Å². The predicted octanol–water partition coefficient (Wildman–Crippen LogP) is 1.77. The topological polar surface area (TPSA) is 119 Å². The third-order valence-electron chi connectivity index (χ3n) is 2.92. The lowest BCUT2D eigenvalue weighted by Gasteiger charge is -2.27.